The zero-order valence-corrected chi connectivity index (χ0v) is 8.82. The van der Waals surface area contributed by atoms with Gasteiger partial charge in [-0.05, 0) is 24.3 Å². The van der Waals surface area contributed by atoms with Crippen molar-refractivity contribution in [2.75, 3.05) is 0 Å². The van der Waals surface area contributed by atoms with E-state index in [2.05, 4.69) is 15.3 Å². The first kappa shape index (κ1) is 9.65. The van der Waals surface area contributed by atoms with E-state index in [0.717, 1.165) is 0 Å². The van der Waals surface area contributed by atoms with Gasteiger partial charge in [0.05, 0.1) is 5.52 Å². The van der Waals surface area contributed by atoms with Gasteiger partial charge in [-0.25, -0.2) is 4.52 Å². The Bertz CT molecular complexity index is 675. The molecule has 0 bridgehead atoms. The maximum absolute atomic E-state index is 12.2. The van der Waals surface area contributed by atoms with Crippen LogP contribution in [-0.4, -0.2) is 25.6 Å². The van der Waals surface area contributed by atoms with Crippen LogP contribution in [0.25, 0.3) is 5.52 Å². The van der Waals surface area contributed by atoms with Crippen LogP contribution in [-0.2, 0) is 0 Å². The summed E-state index contributed by atoms with van der Waals surface area (Å²) in [6, 6.07) is 8.92. The SMILES string of the molecule is O=C(c1cccnc1)c1nnn2ccccc12. The Kier molecular flexibility index (Phi) is 2.15. The van der Waals surface area contributed by atoms with Gasteiger partial charge < -0.3 is 0 Å². The van der Waals surface area contributed by atoms with Gasteiger partial charge in [0.1, 0.15) is 0 Å². The molecule has 0 N–H and O–H groups in total. The number of carbonyl (C=O) groups excluding carboxylic acids is 1. The highest BCUT2D eigenvalue weighted by Crippen LogP contribution is 2.12. The van der Waals surface area contributed by atoms with Crippen molar-refractivity contribution in [2.24, 2.45) is 0 Å². The van der Waals surface area contributed by atoms with Crippen LogP contribution >= 0.6 is 0 Å². The summed E-state index contributed by atoms with van der Waals surface area (Å²) < 4.78 is 1.57. The van der Waals surface area contributed by atoms with Crippen molar-refractivity contribution >= 4 is 11.3 Å². The van der Waals surface area contributed by atoms with Crippen LogP contribution in [0.5, 0.6) is 0 Å². The number of hydrogen-bond acceptors (Lipinski definition) is 4. The normalized spacial score (nSPS) is 10.6. The van der Waals surface area contributed by atoms with E-state index in [1.807, 2.05) is 18.2 Å². The second-order valence-corrected chi connectivity index (χ2v) is 3.54. The summed E-state index contributed by atoms with van der Waals surface area (Å²) in [6.07, 6.45) is 4.90. The third-order valence-corrected chi connectivity index (χ3v) is 2.46. The number of nitrogens with zero attached hydrogens (tertiary/aromatic N) is 4. The lowest BCUT2D eigenvalue weighted by Crippen LogP contribution is -2.02. The molecule has 0 saturated carbocycles. The molecule has 17 heavy (non-hydrogen) atoms. The third kappa shape index (κ3) is 1.57. The van der Waals surface area contributed by atoms with E-state index < -0.39 is 0 Å². The molecule has 0 aliphatic carbocycles. The number of ketones is 1. The molecule has 0 aromatic carbocycles. The third-order valence-electron chi connectivity index (χ3n) is 2.46. The number of fused-ring (bicyclic) bond motifs is 1. The molecule has 82 valence electrons. The van der Waals surface area contributed by atoms with Gasteiger partial charge in [-0.2, -0.15) is 0 Å². The molecule has 0 amide bonds. The van der Waals surface area contributed by atoms with Crippen molar-refractivity contribution in [2.45, 2.75) is 0 Å². The summed E-state index contributed by atoms with van der Waals surface area (Å²) >= 11 is 0. The Labute approximate surface area is 96.7 Å². The van der Waals surface area contributed by atoms with Gasteiger partial charge in [-0.3, -0.25) is 9.78 Å². The van der Waals surface area contributed by atoms with Gasteiger partial charge in [-0.1, -0.05) is 11.3 Å². The molecule has 0 atom stereocenters. The fourth-order valence-electron chi connectivity index (χ4n) is 1.64. The quantitative estimate of drug-likeness (QED) is 0.616. The Morgan fingerprint density at radius 2 is 2.12 bits per heavy atom. The first-order chi connectivity index (χ1) is 8.36. The molecule has 0 radical (unpaired) electrons. The first-order valence-electron chi connectivity index (χ1n) is 5.11. The molecule has 3 aromatic rings. The molecule has 0 aliphatic rings. The van der Waals surface area contributed by atoms with Crippen molar-refractivity contribution < 1.29 is 4.79 Å². The molecule has 3 heterocycles. The zero-order chi connectivity index (χ0) is 11.7. The highest BCUT2D eigenvalue weighted by molar-refractivity contribution is 6.11. The van der Waals surface area contributed by atoms with E-state index in [1.54, 1.807) is 29.0 Å². The van der Waals surface area contributed by atoms with Gasteiger partial charge in [0.2, 0.25) is 5.78 Å². The smallest absolute Gasteiger partial charge is 0.217 e. The summed E-state index contributed by atoms with van der Waals surface area (Å²) in [5.41, 5.74) is 1.55. The van der Waals surface area contributed by atoms with Gasteiger partial charge in [0, 0.05) is 24.2 Å². The number of carbonyl (C=O) groups is 1. The molecule has 0 aliphatic heterocycles. The van der Waals surface area contributed by atoms with E-state index in [0.29, 0.717) is 16.8 Å². The van der Waals surface area contributed by atoms with Crippen LogP contribution in [0.15, 0.2) is 48.9 Å². The Morgan fingerprint density at radius 3 is 2.94 bits per heavy atom. The first-order valence-corrected chi connectivity index (χ1v) is 5.11. The molecule has 0 saturated heterocycles. The summed E-state index contributed by atoms with van der Waals surface area (Å²) in [4.78, 5) is 16.1. The second-order valence-electron chi connectivity index (χ2n) is 3.54. The summed E-state index contributed by atoms with van der Waals surface area (Å²) in [7, 11) is 0. The minimum atomic E-state index is -0.167. The van der Waals surface area contributed by atoms with Crippen molar-refractivity contribution in [3.63, 3.8) is 0 Å². The van der Waals surface area contributed by atoms with Crippen LogP contribution in [0.3, 0.4) is 0 Å². The van der Waals surface area contributed by atoms with Gasteiger partial charge in [0.25, 0.3) is 0 Å². The lowest BCUT2D eigenvalue weighted by atomic mass is 10.1. The van der Waals surface area contributed by atoms with Gasteiger partial charge in [-0.15, -0.1) is 5.10 Å². The molecule has 3 aromatic heterocycles. The highest BCUT2D eigenvalue weighted by atomic mass is 16.1. The number of aromatic nitrogens is 4. The van der Waals surface area contributed by atoms with Crippen LogP contribution in [0.1, 0.15) is 16.1 Å². The van der Waals surface area contributed by atoms with Crippen molar-refractivity contribution in [3.8, 4) is 0 Å². The van der Waals surface area contributed by atoms with E-state index in [9.17, 15) is 4.79 Å². The minimum Gasteiger partial charge on any atom is -0.287 e. The molecule has 0 fully saturated rings. The molecule has 0 spiro atoms. The summed E-state index contributed by atoms with van der Waals surface area (Å²) in [6.45, 7) is 0. The van der Waals surface area contributed by atoms with Crippen LogP contribution in [0.2, 0.25) is 0 Å². The summed E-state index contributed by atoms with van der Waals surface area (Å²) in [5.74, 6) is -0.167. The van der Waals surface area contributed by atoms with Gasteiger partial charge >= 0.3 is 0 Å². The highest BCUT2D eigenvalue weighted by Gasteiger charge is 2.16. The van der Waals surface area contributed by atoms with E-state index in [-0.39, 0.29) is 5.78 Å². The molecular formula is C12H8N4O. The number of rotatable bonds is 2. The van der Waals surface area contributed by atoms with E-state index in [1.165, 1.54) is 6.20 Å². The van der Waals surface area contributed by atoms with Crippen molar-refractivity contribution in [3.05, 3.63) is 60.2 Å². The average molecular weight is 224 g/mol. The lowest BCUT2D eigenvalue weighted by molar-refractivity contribution is 0.103. The largest absolute Gasteiger partial charge is 0.287 e. The Hall–Kier alpha value is -2.56. The Morgan fingerprint density at radius 1 is 1.18 bits per heavy atom. The molecular weight excluding hydrogens is 216 g/mol. The monoisotopic (exact) mass is 224 g/mol. The summed E-state index contributed by atoms with van der Waals surface area (Å²) in [5, 5.41) is 7.80. The molecule has 5 heteroatoms. The van der Waals surface area contributed by atoms with Crippen molar-refractivity contribution in [1.29, 1.82) is 0 Å². The topological polar surface area (TPSA) is 60.2 Å². The maximum atomic E-state index is 12.2. The maximum Gasteiger partial charge on any atom is 0.217 e. The standard InChI is InChI=1S/C12H8N4O/c17-12(9-4-3-6-13-8-9)11-10-5-1-2-7-16(10)15-14-11/h1-8H. The molecule has 0 unspecified atom stereocenters. The fraction of sp³-hybridized carbons (Fsp3) is 0. The average Bonchev–Trinajstić information content (AvgIpc) is 2.83. The van der Waals surface area contributed by atoms with Crippen LogP contribution in [0.4, 0.5) is 0 Å². The minimum absolute atomic E-state index is 0.167. The second kappa shape index (κ2) is 3.79. The Balaban J connectivity index is 2.14. The van der Waals surface area contributed by atoms with Crippen LogP contribution < -0.4 is 0 Å². The predicted molar refractivity (Wildman–Crippen MR) is 60.7 cm³/mol. The van der Waals surface area contributed by atoms with E-state index >= 15 is 0 Å². The number of pyridine rings is 2. The predicted octanol–water partition coefficient (Wildman–Crippen LogP) is 1.36. The van der Waals surface area contributed by atoms with Crippen molar-refractivity contribution in [1.82, 2.24) is 19.8 Å². The van der Waals surface area contributed by atoms with Crippen LogP contribution in [0, 0.1) is 0 Å². The zero-order valence-electron chi connectivity index (χ0n) is 8.82. The fourth-order valence-corrected chi connectivity index (χ4v) is 1.64. The molecule has 5 nitrogen and oxygen atoms in total. The van der Waals surface area contributed by atoms with E-state index in [4.69, 9.17) is 0 Å². The van der Waals surface area contributed by atoms with Gasteiger partial charge in [0.15, 0.2) is 5.69 Å². The molecule has 3 rings (SSSR count). The lowest BCUT2D eigenvalue weighted by Gasteiger charge is -1.96. The number of hydrogen-bond donors (Lipinski definition) is 0.